The lowest BCUT2D eigenvalue weighted by molar-refractivity contribution is -0.148. The van der Waals surface area contributed by atoms with Crippen molar-refractivity contribution in [1.29, 1.82) is 0 Å². The first-order valence-electron chi connectivity index (χ1n) is 14.2. The molecule has 7 N–H and O–H groups in total. The Hall–Kier alpha value is -5.79. The fraction of sp³-hybridized carbons (Fsp3) is 0.269. The zero-order chi connectivity index (χ0) is 36.6. The number of amides is 3. The van der Waals surface area contributed by atoms with Crippen molar-refractivity contribution in [1.82, 2.24) is 49.8 Å². The molecule has 0 radical (unpaired) electrons. The number of anilines is 1. The number of ether oxygens (including phenoxy) is 1. The number of aromatic nitrogens is 7. The molecule has 1 saturated heterocycles. The Bertz CT molecular complexity index is 2220. The minimum atomic E-state index is -1.66. The number of hydrogen-bond donors (Lipinski definition) is 6. The van der Waals surface area contributed by atoms with Gasteiger partial charge in [0.2, 0.25) is 11.7 Å². The minimum Gasteiger partial charge on any atom is -0.502 e. The second-order valence-corrected chi connectivity index (χ2v) is 13.4. The normalized spacial score (nSPS) is 17.2. The van der Waals surface area contributed by atoms with Crippen LogP contribution >= 0.6 is 34.9 Å². The van der Waals surface area contributed by atoms with Gasteiger partial charge in [0.1, 0.15) is 22.1 Å². The average molecular weight is 761 g/mol. The van der Waals surface area contributed by atoms with Gasteiger partial charge in [0.15, 0.2) is 29.0 Å². The summed E-state index contributed by atoms with van der Waals surface area (Å²) in [6.45, 7) is 1.32. The summed E-state index contributed by atoms with van der Waals surface area (Å²) in [4.78, 5) is 85.1. The average Bonchev–Trinajstić information content (AvgIpc) is 3.73. The van der Waals surface area contributed by atoms with Crippen LogP contribution in [0.25, 0.3) is 5.78 Å². The van der Waals surface area contributed by atoms with Crippen molar-refractivity contribution in [2.45, 2.75) is 30.0 Å². The van der Waals surface area contributed by atoms with E-state index in [2.05, 4.69) is 35.5 Å². The van der Waals surface area contributed by atoms with E-state index in [4.69, 9.17) is 20.5 Å². The molecule has 2 aliphatic rings. The number of nitrogens with one attached hydrogen (secondary N) is 2. The van der Waals surface area contributed by atoms with Gasteiger partial charge in [-0.1, -0.05) is 5.16 Å². The molecule has 0 unspecified atom stereocenters. The van der Waals surface area contributed by atoms with Gasteiger partial charge in [-0.2, -0.15) is 9.50 Å². The van der Waals surface area contributed by atoms with E-state index in [-0.39, 0.29) is 58.0 Å². The predicted octanol–water partition coefficient (Wildman–Crippen LogP) is -0.591. The second kappa shape index (κ2) is 14.2. The van der Waals surface area contributed by atoms with Crippen LogP contribution in [0.15, 0.2) is 44.1 Å². The smallest absolute Gasteiger partial charge is 0.502 e. The molecular weight excluding hydrogens is 737 g/mol. The van der Waals surface area contributed by atoms with Gasteiger partial charge in [0, 0.05) is 35.2 Å². The van der Waals surface area contributed by atoms with Crippen LogP contribution in [0.2, 0.25) is 0 Å². The molecule has 0 aliphatic carbocycles. The number of carbonyl (C=O) groups is 4. The number of nitrogen functional groups attached to an aromatic ring is 1. The van der Waals surface area contributed by atoms with Gasteiger partial charge in [-0.15, -0.1) is 40.0 Å². The molecule has 1 fully saturated rings. The van der Waals surface area contributed by atoms with Crippen molar-refractivity contribution in [3.05, 3.63) is 62.5 Å². The number of thiazole rings is 1. The molecule has 25 heteroatoms. The number of rotatable bonds is 11. The molecule has 2 atom stereocenters. The van der Waals surface area contributed by atoms with E-state index in [1.165, 1.54) is 45.9 Å². The van der Waals surface area contributed by atoms with E-state index in [9.17, 15) is 34.2 Å². The lowest BCUT2D eigenvalue weighted by Crippen LogP contribution is -2.70. The maximum atomic E-state index is 13.5. The molecule has 4 aromatic rings. The fourth-order valence-electron chi connectivity index (χ4n) is 4.74. The molecule has 22 nitrogen and oxygen atoms in total. The maximum Gasteiger partial charge on any atom is 0.512 e. The van der Waals surface area contributed by atoms with E-state index < -0.39 is 46.6 Å². The Kier molecular flexibility index (Phi) is 9.77. The summed E-state index contributed by atoms with van der Waals surface area (Å²) in [6, 6.07) is 0.532. The van der Waals surface area contributed by atoms with Gasteiger partial charge in [0.05, 0.1) is 6.20 Å². The standard InChI is InChI=1S/C26H24N12O10S3/c1-9-3-14(38-25(29-9)32-17(33-38)19(41)34-46)49-6-10-7-50-23-16(21(43)37(23)22(10)48-26(44)45)31-18(40)15(11-8-51-24(27)30-11)35-47-5-13-28-4-12(39)20(42)36(13)2/h3-4,8,16,23,39,46H,5-7H2,1-2H3,(H2,27,30)(H,31,40)(H,34,41)(H,44,45)/b35-15-/t16-,23-/m1/s1. The minimum absolute atomic E-state index is 0.0357. The number of nitrogens with zero attached hydrogens (tertiary/aromatic N) is 9. The van der Waals surface area contributed by atoms with Gasteiger partial charge in [0.25, 0.3) is 23.2 Å². The van der Waals surface area contributed by atoms with Crippen LogP contribution in [0.4, 0.5) is 9.93 Å². The Morgan fingerprint density at radius 3 is 2.73 bits per heavy atom. The third-order valence-corrected chi connectivity index (χ3v) is 10.2. The second-order valence-electron chi connectivity index (χ2n) is 10.5. The van der Waals surface area contributed by atoms with Crippen molar-refractivity contribution < 1.29 is 44.2 Å². The lowest BCUT2D eigenvalue weighted by atomic mass is 10.1. The number of oxime groups is 1. The van der Waals surface area contributed by atoms with E-state index in [0.29, 0.717) is 16.3 Å². The third kappa shape index (κ3) is 6.98. The molecule has 266 valence electrons. The number of fused-ring (bicyclic) bond motifs is 2. The number of aryl methyl sites for hydroxylation is 1. The van der Waals surface area contributed by atoms with Crippen LogP contribution in [0.1, 0.15) is 27.8 Å². The van der Waals surface area contributed by atoms with Crippen LogP contribution < -0.4 is 22.1 Å². The van der Waals surface area contributed by atoms with Crippen molar-refractivity contribution in [2.75, 3.05) is 17.2 Å². The highest BCUT2D eigenvalue weighted by Crippen LogP contribution is 2.42. The first kappa shape index (κ1) is 35.1. The molecule has 4 aromatic heterocycles. The van der Waals surface area contributed by atoms with Crippen molar-refractivity contribution in [2.24, 2.45) is 12.2 Å². The number of nitrogens with two attached hydrogens (primary N) is 1. The van der Waals surface area contributed by atoms with Crippen molar-refractivity contribution in [3.63, 3.8) is 0 Å². The lowest BCUT2D eigenvalue weighted by Gasteiger charge is -2.49. The molecule has 6 heterocycles. The summed E-state index contributed by atoms with van der Waals surface area (Å²) in [7, 11) is 1.36. The largest absolute Gasteiger partial charge is 0.512 e. The van der Waals surface area contributed by atoms with Gasteiger partial charge < -0.3 is 30.8 Å². The van der Waals surface area contributed by atoms with Crippen LogP contribution in [0.3, 0.4) is 0 Å². The van der Waals surface area contributed by atoms with Crippen LogP contribution in [-0.2, 0) is 32.8 Å². The third-order valence-electron chi connectivity index (χ3n) is 7.15. The van der Waals surface area contributed by atoms with Crippen molar-refractivity contribution in [3.8, 4) is 5.75 Å². The van der Waals surface area contributed by atoms with Gasteiger partial charge in [-0.3, -0.25) is 33.9 Å². The monoisotopic (exact) mass is 760 g/mol. The Labute approximate surface area is 296 Å². The number of aromatic hydroxyl groups is 1. The summed E-state index contributed by atoms with van der Waals surface area (Å²) in [5.41, 5.74) is 7.15. The summed E-state index contributed by atoms with van der Waals surface area (Å²) in [5.74, 6) is -3.11. The molecule has 6 rings (SSSR count). The number of carboxylic acid groups (broad SMARTS) is 1. The molecule has 0 aromatic carbocycles. The number of hydrogen-bond acceptors (Lipinski definition) is 19. The maximum absolute atomic E-state index is 13.5. The molecule has 3 amide bonds. The first-order chi connectivity index (χ1) is 24.4. The number of carbonyl (C=O) groups excluding carboxylic acids is 3. The number of hydroxylamine groups is 1. The molecular formula is C26H24N12O10S3. The predicted molar refractivity (Wildman–Crippen MR) is 176 cm³/mol. The number of β-lactam (4-membered cyclic amide) rings is 1. The van der Waals surface area contributed by atoms with Crippen LogP contribution in [-0.4, -0.2) is 107 Å². The quantitative estimate of drug-likeness (QED) is 0.0212. The summed E-state index contributed by atoms with van der Waals surface area (Å²) in [5, 5.41) is 39.8. The molecule has 0 spiro atoms. The Balaban J connectivity index is 1.20. The zero-order valence-corrected chi connectivity index (χ0v) is 28.5. The molecule has 0 saturated carbocycles. The Morgan fingerprint density at radius 2 is 2.02 bits per heavy atom. The van der Waals surface area contributed by atoms with Gasteiger partial charge in [-0.25, -0.2) is 25.2 Å². The van der Waals surface area contributed by atoms with Crippen LogP contribution in [0.5, 0.6) is 5.75 Å². The summed E-state index contributed by atoms with van der Waals surface area (Å²) < 4.78 is 7.39. The first-order valence-corrected chi connectivity index (χ1v) is 17.1. The summed E-state index contributed by atoms with van der Waals surface area (Å²) in [6.07, 6.45) is -0.715. The zero-order valence-electron chi connectivity index (χ0n) is 26.0. The summed E-state index contributed by atoms with van der Waals surface area (Å²) >= 11 is 3.44. The van der Waals surface area contributed by atoms with E-state index >= 15 is 0 Å². The number of thioether (sulfide) groups is 2. The van der Waals surface area contributed by atoms with Crippen LogP contribution in [0, 0.1) is 6.92 Å². The fourth-order valence-corrected chi connectivity index (χ4v) is 7.79. The van der Waals surface area contributed by atoms with Gasteiger partial charge >= 0.3 is 12.1 Å². The molecule has 2 aliphatic heterocycles. The molecule has 51 heavy (non-hydrogen) atoms. The van der Waals surface area contributed by atoms with Gasteiger partial charge in [-0.05, 0) is 13.0 Å². The van der Waals surface area contributed by atoms with E-state index in [1.807, 2.05) is 0 Å². The van der Waals surface area contributed by atoms with E-state index in [0.717, 1.165) is 27.0 Å². The topological polar surface area (TPSA) is 304 Å². The highest BCUT2D eigenvalue weighted by atomic mass is 32.2. The van der Waals surface area contributed by atoms with Crippen molar-refractivity contribution >= 4 is 75.4 Å². The highest BCUT2D eigenvalue weighted by molar-refractivity contribution is 8.01. The molecule has 0 bridgehead atoms. The highest BCUT2D eigenvalue weighted by Gasteiger charge is 2.54. The van der Waals surface area contributed by atoms with E-state index in [1.54, 1.807) is 13.0 Å². The Morgan fingerprint density at radius 1 is 1.24 bits per heavy atom. The SMILES string of the molecule is Cc1cc(SCC2=C(OC(=O)O)N3C(=O)[C@@H](NC(=O)/C(=N\OCc4ncc(O)c(=O)n4C)c4csc(N)n4)[C@H]3SC2)n2nc(C(=O)NO)nc2n1.